The summed E-state index contributed by atoms with van der Waals surface area (Å²) in [7, 11) is 0. The third-order valence-corrected chi connectivity index (χ3v) is 3.30. The van der Waals surface area contributed by atoms with Crippen molar-refractivity contribution in [2.75, 3.05) is 11.9 Å². The third-order valence-electron chi connectivity index (χ3n) is 3.30. The van der Waals surface area contributed by atoms with Crippen molar-refractivity contribution in [3.63, 3.8) is 0 Å². The van der Waals surface area contributed by atoms with E-state index in [4.69, 9.17) is 0 Å². The first-order valence-electron chi connectivity index (χ1n) is 8.00. The lowest BCUT2D eigenvalue weighted by Gasteiger charge is -2.20. The van der Waals surface area contributed by atoms with Gasteiger partial charge in [0.15, 0.2) is 0 Å². The van der Waals surface area contributed by atoms with Gasteiger partial charge in [0.2, 0.25) is 0 Å². The first kappa shape index (κ1) is 17.0. The number of aromatic nitrogens is 1. The summed E-state index contributed by atoms with van der Waals surface area (Å²) in [6.45, 7) is 6.73. The summed E-state index contributed by atoms with van der Waals surface area (Å²) < 4.78 is 0. The Bertz CT molecular complexity index is 633. The molecule has 0 saturated heterocycles. The zero-order valence-corrected chi connectivity index (χ0v) is 14.1. The van der Waals surface area contributed by atoms with Crippen LogP contribution in [-0.2, 0) is 6.42 Å². The van der Waals surface area contributed by atoms with Crippen LogP contribution < -0.4 is 10.6 Å². The molecule has 1 amide bonds. The van der Waals surface area contributed by atoms with Gasteiger partial charge in [0.1, 0.15) is 5.82 Å². The molecule has 4 nitrogen and oxygen atoms in total. The van der Waals surface area contributed by atoms with Gasteiger partial charge in [0.05, 0.1) is 0 Å². The predicted octanol–water partition coefficient (Wildman–Crippen LogP) is 3.65. The number of hydrogen-bond donors (Lipinski definition) is 2. The topological polar surface area (TPSA) is 54.0 Å². The van der Waals surface area contributed by atoms with Gasteiger partial charge in [-0.05, 0) is 51.3 Å². The molecule has 23 heavy (non-hydrogen) atoms. The number of hydrogen-bond acceptors (Lipinski definition) is 3. The number of pyridine rings is 1. The van der Waals surface area contributed by atoms with Crippen LogP contribution in [0.1, 0.15) is 43.1 Å². The van der Waals surface area contributed by atoms with E-state index in [1.165, 1.54) is 5.56 Å². The normalized spacial score (nSPS) is 11.1. The summed E-state index contributed by atoms with van der Waals surface area (Å²) in [5.41, 5.74) is 1.71. The predicted molar refractivity (Wildman–Crippen MR) is 94.7 cm³/mol. The van der Waals surface area contributed by atoms with Gasteiger partial charge in [0, 0.05) is 23.8 Å². The summed E-state index contributed by atoms with van der Waals surface area (Å²) in [6, 6.07) is 13.9. The Morgan fingerprint density at radius 2 is 1.87 bits per heavy atom. The SMILES string of the molecule is CC(C)(C)NC(=O)c1ccnc(NCCCc2ccccc2)c1. The summed E-state index contributed by atoms with van der Waals surface area (Å²) in [4.78, 5) is 16.4. The second-order valence-corrected chi connectivity index (χ2v) is 6.65. The van der Waals surface area contributed by atoms with E-state index < -0.39 is 0 Å². The number of nitrogens with one attached hydrogen (secondary N) is 2. The number of amides is 1. The standard InChI is InChI=1S/C19H25N3O/c1-19(2,3)22-18(23)16-11-13-21-17(14-16)20-12-7-10-15-8-5-4-6-9-15/h4-6,8-9,11,13-14H,7,10,12H2,1-3H3,(H,20,21)(H,22,23). The Morgan fingerprint density at radius 1 is 1.13 bits per heavy atom. The number of anilines is 1. The van der Waals surface area contributed by atoms with Gasteiger partial charge >= 0.3 is 0 Å². The molecule has 0 atom stereocenters. The van der Waals surface area contributed by atoms with Crippen LogP contribution in [0.5, 0.6) is 0 Å². The van der Waals surface area contributed by atoms with Crippen molar-refractivity contribution in [2.45, 2.75) is 39.2 Å². The van der Waals surface area contributed by atoms with Crippen LogP contribution in [0.25, 0.3) is 0 Å². The Labute approximate surface area is 138 Å². The second kappa shape index (κ2) is 7.77. The lowest BCUT2D eigenvalue weighted by Crippen LogP contribution is -2.40. The van der Waals surface area contributed by atoms with E-state index in [0.29, 0.717) is 5.56 Å². The van der Waals surface area contributed by atoms with E-state index in [-0.39, 0.29) is 11.4 Å². The molecule has 0 aliphatic carbocycles. The van der Waals surface area contributed by atoms with Crippen LogP contribution in [0, 0.1) is 0 Å². The molecular weight excluding hydrogens is 286 g/mol. The van der Waals surface area contributed by atoms with Crippen LogP contribution in [0.2, 0.25) is 0 Å². The van der Waals surface area contributed by atoms with E-state index in [0.717, 1.165) is 25.2 Å². The van der Waals surface area contributed by atoms with Crippen molar-refractivity contribution in [1.82, 2.24) is 10.3 Å². The largest absolute Gasteiger partial charge is 0.370 e. The van der Waals surface area contributed by atoms with E-state index >= 15 is 0 Å². The van der Waals surface area contributed by atoms with Crippen molar-refractivity contribution in [3.8, 4) is 0 Å². The summed E-state index contributed by atoms with van der Waals surface area (Å²) in [5, 5.41) is 6.24. The van der Waals surface area contributed by atoms with Crippen LogP contribution in [0.3, 0.4) is 0 Å². The van der Waals surface area contributed by atoms with Gasteiger partial charge in [0.25, 0.3) is 5.91 Å². The molecule has 0 unspecified atom stereocenters. The Hall–Kier alpha value is -2.36. The minimum absolute atomic E-state index is 0.0766. The van der Waals surface area contributed by atoms with Crippen molar-refractivity contribution in [3.05, 3.63) is 59.8 Å². The second-order valence-electron chi connectivity index (χ2n) is 6.65. The minimum atomic E-state index is -0.246. The lowest BCUT2D eigenvalue weighted by molar-refractivity contribution is 0.0919. The molecule has 2 rings (SSSR count). The molecule has 0 saturated carbocycles. The molecular formula is C19H25N3O. The average molecular weight is 311 g/mol. The highest BCUT2D eigenvalue weighted by Gasteiger charge is 2.15. The number of benzene rings is 1. The quantitative estimate of drug-likeness (QED) is 0.801. The van der Waals surface area contributed by atoms with Crippen LogP contribution in [-0.4, -0.2) is 23.0 Å². The van der Waals surface area contributed by atoms with E-state index in [2.05, 4.69) is 39.9 Å². The first-order chi connectivity index (χ1) is 10.9. The Kier molecular flexibility index (Phi) is 5.74. The number of aryl methyl sites for hydroxylation is 1. The highest BCUT2D eigenvalue weighted by atomic mass is 16.1. The first-order valence-corrected chi connectivity index (χ1v) is 8.00. The maximum Gasteiger partial charge on any atom is 0.251 e. The van der Waals surface area contributed by atoms with Gasteiger partial charge in [-0.1, -0.05) is 30.3 Å². The van der Waals surface area contributed by atoms with Crippen molar-refractivity contribution < 1.29 is 4.79 Å². The Morgan fingerprint density at radius 3 is 2.57 bits per heavy atom. The van der Waals surface area contributed by atoms with E-state index in [1.54, 1.807) is 18.3 Å². The van der Waals surface area contributed by atoms with Gasteiger partial charge < -0.3 is 10.6 Å². The molecule has 0 aliphatic heterocycles. The van der Waals surface area contributed by atoms with Gasteiger partial charge in [-0.15, -0.1) is 0 Å². The monoisotopic (exact) mass is 311 g/mol. The van der Waals surface area contributed by atoms with Crippen LogP contribution in [0.15, 0.2) is 48.7 Å². The highest BCUT2D eigenvalue weighted by Crippen LogP contribution is 2.10. The zero-order chi connectivity index (χ0) is 16.7. The molecule has 1 heterocycles. The summed E-state index contributed by atoms with van der Waals surface area (Å²) in [6.07, 6.45) is 3.71. The molecule has 0 fully saturated rings. The molecule has 0 spiro atoms. The Balaban J connectivity index is 1.84. The number of rotatable bonds is 6. The van der Waals surface area contributed by atoms with Gasteiger partial charge in [-0.2, -0.15) is 0 Å². The fraction of sp³-hybridized carbons (Fsp3) is 0.368. The summed E-state index contributed by atoms with van der Waals surface area (Å²) in [5.74, 6) is 0.659. The van der Waals surface area contributed by atoms with Crippen molar-refractivity contribution in [1.29, 1.82) is 0 Å². The molecule has 4 heteroatoms. The van der Waals surface area contributed by atoms with E-state index in [9.17, 15) is 4.79 Å². The van der Waals surface area contributed by atoms with E-state index in [1.807, 2.05) is 26.8 Å². The molecule has 0 radical (unpaired) electrons. The van der Waals surface area contributed by atoms with Crippen molar-refractivity contribution in [2.24, 2.45) is 0 Å². The third kappa shape index (κ3) is 6.10. The van der Waals surface area contributed by atoms with Crippen LogP contribution >= 0.6 is 0 Å². The number of carbonyl (C=O) groups is 1. The average Bonchev–Trinajstić information content (AvgIpc) is 2.51. The zero-order valence-electron chi connectivity index (χ0n) is 14.1. The van der Waals surface area contributed by atoms with Crippen LogP contribution in [0.4, 0.5) is 5.82 Å². The number of carbonyl (C=O) groups excluding carboxylic acids is 1. The van der Waals surface area contributed by atoms with Gasteiger partial charge in [-0.25, -0.2) is 4.98 Å². The summed E-state index contributed by atoms with van der Waals surface area (Å²) >= 11 is 0. The molecule has 1 aromatic heterocycles. The minimum Gasteiger partial charge on any atom is -0.370 e. The lowest BCUT2D eigenvalue weighted by atomic mass is 10.1. The molecule has 2 aromatic rings. The molecule has 2 N–H and O–H groups in total. The number of nitrogens with zero attached hydrogens (tertiary/aromatic N) is 1. The fourth-order valence-electron chi connectivity index (χ4n) is 2.23. The maximum atomic E-state index is 12.2. The highest BCUT2D eigenvalue weighted by molar-refractivity contribution is 5.95. The molecule has 0 aliphatic rings. The molecule has 0 bridgehead atoms. The molecule has 1 aromatic carbocycles. The maximum absolute atomic E-state index is 12.2. The molecule has 122 valence electrons. The fourth-order valence-corrected chi connectivity index (χ4v) is 2.23. The van der Waals surface area contributed by atoms with Crippen molar-refractivity contribution >= 4 is 11.7 Å². The smallest absolute Gasteiger partial charge is 0.251 e. The van der Waals surface area contributed by atoms with Gasteiger partial charge in [-0.3, -0.25) is 4.79 Å².